The van der Waals surface area contributed by atoms with E-state index in [0.29, 0.717) is 6.54 Å². The lowest BCUT2D eigenvalue weighted by Crippen LogP contribution is -2.34. The van der Waals surface area contributed by atoms with E-state index < -0.39 is 11.2 Å². The number of aromatic amines is 1. The summed E-state index contributed by atoms with van der Waals surface area (Å²) in [5, 5.41) is -0.00374. The van der Waals surface area contributed by atoms with Crippen LogP contribution in [0.4, 0.5) is 0 Å². The van der Waals surface area contributed by atoms with Crippen LogP contribution in [0.2, 0.25) is 5.02 Å². The van der Waals surface area contributed by atoms with Gasteiger partial charge in [-0.2, -0.15) is 0 Å². The van der Waals surface area contributed by atoms with Crippen molar-refractivity contribution in [3.05, 3.63) is 61.4 Å². The Labute approximate surface area is 119 Å². The Morgan fingerprint density at radius 2 is 2.25 bits per heavy atom. The highest BCUT2D eigenvalue weighted by Crippen LogP contribution is 2.29. The van der Waals surface area contributed by atoms with Gasteiger partial charge in [0.2, 0.25) is 0 Å². The van der Waals surface area contributed by atoms with Crippen LogP contribution in [0.25, 0.3) is 0 Å². The quantitative estimate of drug-likeness (QED) is 0.912. The van der Waals surface area contributed by atoms with Gasteiger partial charge in [-0.25, -0.2) is 4.79 Å². The maximum atomic E-state index is 11.7. The summed E-state index contributed by atoms with van der Waals surface area (Å²) in [7, 11) is 0. The molecule has 3 rings (SSSR count). The Kier molecular flexibility index (Phi) is 3.14. The van der Waals surface area contributed by atoms with Gasteiger partial charge >= 0.3 is 5.69 Å². The van der Waals surface area contributed by atoms with Crippen molar-refractivity contribution < 1.29 is 4.74 Å². The molecule has 1 aromatic carbocycles. The number of ether oxygens (including phenoxy) is 1. The largest absolute Gasteiger partial charge is 0.488 e. The lowest BCUT2D eigenvalue weighted by atomic mass is 10.1. The van der Waals surface area contributed by atoms with Crippen LogP contribution >= 0.6 is 11.6 Å². The molecule has 1 unspecified atom stereocenters. The Morgan fingerprint density at radius 1 is 1.45 bits per heavy atom. The molecule has 1 aliphatic heterocycles. The van der Waals surface area contributed by atoms with E-state index in [2.05, 4.69) is 11.1 Å². The Hall–Kier alpha value is -2.01. The van der Waals surface area contributed by atoms with E-state index in [0.717, 1.165) is 17.7 Å². The van der Waals surface area contributed by atoms with Gasteiger partial charge in [0.05, 0.1) is 6.54 Å². The van der Waals surface area contributed by atoms with Crippen molar-refractivity contribution >= 4 is 11.6 Å². The molecule has 0 spiro atoms. The number of nitrogens with one attached hydrogen (secondary N) is 1. The number of aromatic nitrogens is 2. The van der Waals surface area contributed by atoms with Gasteiger partial charge in [-0.3, -0.25) is 14.3 Å². The molecule has 1 atom stereocenters. The van der Waals surface area contributed by atoms with Gasteiger partial charge in [0, 0.05) is 12.6 Å². The van der Waals surface area contributed by atoms with Crippen molar-refractivity contribution in [1.82, 2.24) is 9.55 Å². The second kappa shape index (κ2) is 4.83. The molecule has 20 heavy (non-hydrogen) atoms. The molecule has 5 nitrogen and oxygen atoms in total. The number of aryl methyl sites for hydroxylation is 1. The highest BCUT2D eigenvalue weighted by molar-refractivity contribution is 6.30. The van der Waals surface area contributed by atoms with Gasteiger partial charge in [-0.15, -0.1) is 0 Å². The van der Waals surface area contributed by atoms with Crippen LogP contribution in [0.5, 0.6) is 5.75 Å². The zero-order valence-corrected chi connectivity index (χ0v) is 11.6. The summed E-state index contributed by atoms with van der Waals surface area (Å²) in [6.07, 6.45) is 1.95. The monoisotopic (exact) mass is 292 g/mol. The number of halogens is 1. The van der Waals surface area contributed by atoms with E-state index in [1.54, 1.807) is 0 Å². The van der Waals surface area contributed by atoms with E-state index >= 15 is 0 Å². The van der Waals surface area contributed by atoms with Crippen molar-refractivity contribution in [3.63, 3.8) is 0 Å². The second-order valence-electron chi connectivity index (χ2n) is 4.94. The Balaban J connectivity index is 1.83. The van der Waals surface area contributed by atoms with Gasteiger partial charge < -0.3 is 4.74 Å². The molecule has 0 saturated heterocycles. The molecular formula is C14H13ClN2O3. The fraction of sp³-hybridized carbons (Fsp3) is 0.286. The molecule has 0 bridgehead atoms. The van der Waals surface area contributed by atoms with Gasteiger partial charge in [0.15, 0.2) is 0 Å². The molecule has 104 valence electrons. The van der Waals surface area contributed by atoms with Crippen LogP contribution in [0.1, 0.15) is 11.1 Å². The fourth-order valence-corrected chi connectivity index (χ4v) is 2.55. The van der Waals surface area contributed by atoms with Crippen LogP contribution in [-0.2, 0) is 13.0 Å². The average Bonchev–Trinajstić information content (AvgIpc) is 2.77. The van der Waals surface area contributed by atoms with Crippen molar-refractivity contribution in [2.75, 3.05) is 0 Å². The highest BCUT2D eigenvalue weighted by Gasteiger charge is 2.23. The first-order valence-corrected chi connectivity index (χ1v) is 6.66. The minimum atomic E-state index is -0.570. The molecule has 0 saturated carbocycles. The molecule has 6 heteroatoms. The lowest BCUT2D eigenvalue weighted by Gasteiger charge is -2.12. The summed E-state index contributed by atoms with van der Waals surface area (Å²) in [5.74, 6) is 0.851. The number of fused-ring (bicyclic) bond motifs is 1. The summed E-state index contributed by atoms with van der Waals surface area (Å²) in [5.41, 5.74) is 1.27. The van der Waals surface area contributed by atoms with Gasteiger partial charge in [-0.05, 0) is 18.6 Å². The lowest BCUT2D eigenvalue weighted by molar-refractivity contribution is 0.206. The number of nitrogens with zero attached hydrogens (tertiary/aromatic N) is 1. The molecule has 0 fully saturated rings. The van der Waals surface area contributed by atoms with E-state index in [1.807, 2.05) is 19.1 Å². The third-order valence-corrected chi connectivity index (χ3v) is 3.59. The Bertz CT molecular complexity index is 779. The normalized spacial score (nSPS) is 16.8. The number of benzene rings is 1. The first-order chi connectivity index (χ1) is 9.52. The standard InChI is InChI=1S/C14H13ClN2O3/c1-8-2-3-12-9(4-8)5-10(20-12)6-17-7-11(15)13(18)16-14(17)19/h2-4,7,10H,5-6H2,1H3,(H,16,18,19). The molecule has 0 amide bonds. The van der Waals surface area contributed by atoms with Crippen LogP contribution in [0.3, 0.4) is 0 Å². The minimum Gasteiger partial charge on any atom is -0.488 e. The zero-order valence-electron chi connectivity index (χ0n) is 10.9. The maximum absolute atomic E-state index is 11.7. The molecule has 0 aliphatic carbocycles. The van der Waals surface area contributed by atoms with Crippen LogP contribution in [0, 0.1) is 6.92 Å². The molecule has 1 N–H and O–H groups in total. The van der Waals surface area contributed by atoms with E-state index in [1.165, 1.54) is 16.3 Å². The predicted octanol–water partition coefficient (Wildman–Crippen LogP) is 1.50. The van der Waals surface area contributed by atoms with Crippen LogP contribution < -0.4 is 16.0 Å². The maximum Gasteiger partial charge on any atom is 0.328 e. The first kappa shape index (κ1) is 13.0. The highest BCUT2D eigenvalue weighted by atomic mass is 35.5. The minimum absolute atomic E-state index is 0.00374. The summed E-state index contributed by atoms with van der Waals surface area (Å²) in [6.45, 7) is 2.38. The zero-order chi connectivity index (χ0) is 14.3. The van der Waals surface area contributed by atoms with Crippen molar-refractivity contribution in [1.29, 1.82) is 0 Å². The molecule has 0 radical (unpaired) electrons. The molecule has 2 aromatic rings. The third kappa shape index (κ3) is 2.36. The molecule has 1 aliphatic rings. The molecule has 2 heterocycles. The SMILES string of the molecule is Cc1ccc2c(c1)CC(Cn1cc(Cl)c(=O)[nH]c1=O)O2. The summed E-state index contributed by atoms with van der Waals surface area (Å²) < 4.78 is 7.16. The van der Waals surface area contributed by atoms with E-state index in [9.17, 15) is 9.59 Å². The molecule has 1 aromatic heterocycles. The van der Waals surface area contributed by atoms with Crippen LogP contribution in [-0.4, -0.2) is 15.7 Å². The summed E-state index contributed by atoms with van der Waals surface area (Å²) >= 11 is 5.74. The van der Waals surface area contributed by atoms with Crippen molar-refractivity contribution in [2.45, 2.75) is 26.0 Å². The summed E-state index contributed by atoms with van der Waals surface area (Å²) in [4.78, 5) is 25.1. The van der Waals surface area contributed by atoms with Crippen LogP contribution in [0.15, 0.2) is 34.0 Å². The number of hydrogen-bond donors (Lipinski definition) is 1. The first-order valence-electron chi connectivity index (χ1n) is 6.28. The smallest absolute Gasteiger partial charge is 0.328 e. The summed E-state index contributed by atoms with van der Waals surface area (Å²) in [6, 6.07) is 6.01. The van der Waals surface area contributed by atoms with Crippen molar-refractivity contribution in [3.8, 4) is 5.75 Å². The van der Waals surface area contributed by atoms with Crippen molar-refractivity contribution in [2.24, 2.45) is 0 Å². The van der Waals surface area contributed by atoms with E-state index in [-0.39, 0.29) is 11.1 Å². The fourth-order valence-electron chi connectivity index (χ4n) is 2.39. The van der Waals surface area contributed by atoms with Gasteiger partial charge in [0.25, 0.3) is 5.56 Å². The predicted molar refractivity (Wildman–Crippen MR) is 75.6 cm³/mol. The molecular weight excluding hydrogens is 280 g/mol. The average molecular weight is 293 g/mol. The number of rotatable bonds is 2. The number of hydrogen-bond acceptors (Lipinski definition) is 3. The Morgan fingerprint density at radius 3 is 3.05 bits per heavy atom. The number of H-pyrrole nitrogens is 1. The topological polar surface area (TPSA) is 64.1 Å². The second-order valence-corrected chi connectivity index (χ2v) is 5.35. The van der Waals surface area contributed by atoms with Gasteiger partial charge in [0.1, 0.15) is 16.9 Å². The van der Waals surface area contributed by atoms with Gasteiger partial charge in [-0.1, -0.05) is 29.3 Å². The third-order valence-electron chi connectivity index (χ3n) is 3.32. The van der Waals surface area contributed by atoms with E-state index in [4.69, 9.17) is 16.3 Å².